The Morgan fingerprint density at radius 1 is 1.11 bits per heavy atom. The first kappa shape index (κ1) is 18.9. The Kier molecular flexibility index (Phi) is 4.93. The summed E-state index contributed by atoms with van der Waals surface area (Å²) in [5.41, 5.74) is 7.33. The second-order valence-corrected chi connectivity index (χ2v) is 8.29. The highest BCUT2D eigenvalue weighted by molar-refractivity contribution is 7.90. The van der Waals surface area contributed by atoms with Crippen LogP contribution in [0.15, 0.2) is 53.4 Å². The molecule has 0 radical (unpaired) electrons. The number of hydrogen-bond donors (Lipinski definition) is 1. The SMILES string of the molecule is CC(C)OC(=O)C(C)c1ccc2c(c1)nc(N)n2S(=O)(=O)c1ccccc1. The molecule has 2 aromatic carbocycles. The van der Waals surface area contributed by atoms with E-state index >= 15 is 0 Å². The van der Waals surface area contributed by atoms with Gasteiger partial charge < -0.3 is 10.5 Å². The summed E-state index contributed by atoms with van der Waals surface area (Å²) >= 11 is 0. The van der Waals surface area contributed by atoms with Gasteiger partial charge in [0.15, 0.2) is 0 Å². The highest BCUT2D eigenvalue weighted by Gasteiger charge is 2.24. The molecule has 27 heavy (non-hydrogen) atoms. The minimum Gasteiger partial charge on any atom is -0.463 e. The molecular weight excluding hydrogens is 366 g/mol. The number of ether oxygens (including phenoxy) is 1. The predicted octanol–water partition coefficient (Wildman–Crippen LogP) is 2.91. The molecule has 0 saturated carbocycles. The molecule has 7 nitrogen and oxygen atoms in total. The fraction of sp³-hybridized carbons (Fsp3) is 0.263. The van der Waals surface area contributed by atoms with Gasteiger partial charge in [0.05, 0.1) is 28.0 Å². The Hall–Kier alpha value is -2.87. The largest absolute Gasteiger partial charge is 0.463 e. The van der Waals surface area contributed by atoms with Crippen LogP contribution in [-0.2, 0) is 19.6 Å². The van der Waals surface area contributed by atoms with E-state index < -0.39 is 15.9 Å². The van der Waals surface area contributed by atoms with Gasteiger partial charge in [-0.2, -0.15) is 0 Å². The van der Waals surface area contributed by atoms with Crippen molar-refractivity contribution in [1.29, 1.82) is 0 Å². The summed E-state index contributed by atoms with van der Waals surface area (Å²) in [5, 5.41) is 0. The van der Waals surface area contributed by atoms with Gasteiger partial charge in [-0.15, -0.1) is 0 Å². The first-order chi connectivity index (χ1) is 12.7. The van der Waals surface area contributed by atoms with Gasteiger partial charge in [-0.05, 0) is 50.6 Å². The number of nitrogen functional groups attached to an aromatic ring is 1. The number of imidazole rings is 1. The zero-order valence-electron chi connectivity index (χ0n) is 15.3. The second-order valence-electron chi connectivity index (χ2n) is 6.51. The van der Waals surface area contributed by atoms with Crippen molar-refractivity contribution in [3.05, 3.63) is 54.1 Å². The number of esters is 1. The Labute approximate surface area is 157 Å². The van der Waals surface area contributed by atoms with Crippen LogP contribution in [0.1, 0.15) is 32.3 Å². The number of fused-ring (bicyclic) bond motifs is 1. The van der Waals surface area contributed by atoms with Crippen LogP contribution in [0.5, 0.6) is 0 Å². The highest BCUT2D eigenvalue weighted by Crippen LogP contribution is 2.28. The van der Waals surface area contributed by atoms with Gasteiger partial charge in [0.2, 0.25) is 5.95 Å². The van der Waals surface area contributed by atoms with Gasteiger partial charge in [0, 0.05) is 0 Å². The molecule has 0 aliphatic rings. The van der Waals surface area contributed by atoms with Crippen LogP contribution in [0.4, 0.5) is 5.95 Å². The summed E-state index contributed by atoms with van der Waals surface area (Å²) in [4.78, 5) is 16.4. The molecule has 0 aliphatic heterocycles. The van der Waals surface area contributed by atoms with Gasteiger partial charge in [-0.3, -0.25) is 4.79 Å². The molecule has 2 N–H and O–H groups in total. The van der Waals surface area contributed by atoms with Crippen LogP contribution in [0, 0.1) is 0 Å². The zero-order valence-corrected chi connectivity index (χ0v) is 16.1. The Balaban J connectivity index is 2.06. The molecule has 0 fully saturated rings. The monoisotopic (exact) mass is 387 g/mol. The van der Waals surface area contributed by atoms with Crippen molar-refractivity contribution in [2.45, 2.75) is 37.7 Å². The molecule has 8 heteroatoms. The van der Waals surface area contributed by atoms with Crippen molar-refractivity contribution in [3.8, 4) is 0 Å². The van der Waals surface area contributed by atoms with Gasteiger partial charge >= 0.3 is 5.97 Å². The Morgan fingerprint density at radius 3 is 2.41 bits per heavy atom. The van der Waals surface area contributed by atoms with Crippen molar-refractivity contribution in [3.63, 3.8) is 0 Å². The van der Waals surface area contributed by atoms with Crippen LogP contribution in [0.3, 0.4) is 0 Å². The first-order valence-corrected chi connectivity index (χ1v) is 9.95. The Bertz CT molecular complexity index is 1090. The first-order valence-electron chi connectivity index (χ1n) is 8.51. The van der Waals surface area contributed by atoms with Crippen molar-refractivity contribution < 1.29 is 17.9 Å². The quantitative estimate of drug-likeness (QED) is 0.675. The fourth-order valence-electron chi connectivity index (χ4n) is 2.78. The van der Waals surface area contributed by atoms with Crippen LogP contribution >= 0.6 is 0 Å². The number of carbonyl (C=O) groups excluding carboxylic acids is 1. The minimum absolute atomic E-state index is 0.119. The highest BCUT2D eigenvalue weighted by atomic mass is 32.2. The van der Waals surface area contributed by atoms with Gasteiger partial charge in [0.1, 0.15) is 0 Å². The number of aromatic nitrogens is 2. The number of anilines is 1. The number of carbonyl (C=O) groups is 1. The lowest BCUT2D eigenvalue weighted by atomic mass is 10.0. The van der Waals surface area contributed by atoms with E-state index in [2.05, 4.69) is 4.98 Å². The van der Waals surface area contributed by atoms with E-state index in [0.717, 1.165) is 3.97 Å². The summed E-state index contributed by atoms with van der Waals surface area (Å²) in [7, 11) is -3.88. The lowest BCUT2D eigenvalue weighted by Gasteiger charge is -2.14. The molecule has 1 heterocycles. The average Bonchev–Trinajstić information content (AvgIpc) is 2.96. The van der Waals surface area contributed by atoms with Crippen molar-refractivity contribution in [1.82, 2.24) is 8.96 Å². The van der Waals surface area contributed by atoms with Crippen LogP contribution in [-0.4, -0.2) is 29.4 Å². The average molecular weight is 387 g/mol. The van der Waals surface area contributed by atoms with E-state index in [-0.39, 0.29) is 22.9 Å². The third kappa shape index (κ3) is 3.52. The maximum atomic E-state index is 12.9. The van der Waals surface area contributed by atoms with E-state index in [1.165, 1.54) is 12.1 Å². The molecule has 3 aromatic rings. The molecular formula is C19H21N3O4S. The summed E-state index contributed by atoms with van der Waals surface area (Å²) in [6, 6.07) is 13.0. The number of nitrogens with two attached hydrogens (primary N) is 1. The molecule has 3 rings (SSSR count). The van der Waals surface area contributed by atoms with E-state index in [9.17, 15) is 13.2 Å². The van der Waals surface area contributed by atoms with E-state index in [1.807, 2.05) is 0 Å². The van der Waals surface area contributed by atoms with Gasteiger partial charge in [-0.25, -0.2) is 17.4 Å². The maximum Gasteiger partial charge on any atom is 0.313 e. The predicted molar refractivity (Wildman–Crippen MR) is 103 cm³/mol. The number of benzene rings is 2. The third-order valence-electron chi connectivity index (χ3n) is 4.15. The second kappa shape index (κ2) is 7.03. The van der Waals surface area contributed by atoms with E-state index in [0.29, 0.717) is 16.6 Å². The molecule has 1 unspecified atom stereocenters. The standard InChI is InChI=1S/C19H21N3O4S/c1-12(2)26-18(23)13(3)14-9-10-17-16(11-14)21-19(20)22(17)27(24,25)15-7-5-4-6-8-15/h4-13H,1-3H3,(H2,20,21). The zero-order chi connectivity index (χ0) is 19.8. The Morgan fingerprint density at radius 2 is 1.78 bits per heavy atom. The topological polar surface area (TPSA) is 104 Å². The van der Waals surface area contributed by atoms with Crippen LogP contribution < -0.4 is 5.73 Å². The molecule has 142 valence electrons. The van der Waals surface area contributed by atoms with Crippen molar-refractivity contribution >= 4 is 33.0 Å². The van der Waals surface area contributed by atoms with E-state index in [4.69, 9.17) is 10.5 Å². The lowest BCUT2D eigenvalue weighted by Crippen LogP contribution is -2.17. The van der Waals surface area contributed by atoms with Crippen molar-refractivity contribution in [2.24, 2.45) is 0 Å². The molecule has 0 amide bonds. The number of rotatable bonds is 5. The van der Waals surface area contributed by atoms with Crippen LogP contribution in [0.2, 0.25) is 0 Å². The molecule has 1 atom stereocenters. The fourth-order valence-corrected chi connectivity index (χ4v) is 4.20. The summed E-state index contributed by atoms with van der Waals surface area (Å²) in [6.45, 7) is 5.29. The normalized spacial score (nSPS) is 13.0. The minimum atomic E-state index is -3.88. The molecule has 1 aromatic heterocycles. The number of nitrogens with zero attached hydrogens (tertiary/aromatic N) is 2. The van der Waals surface area contributed by atoms with Gasteiger partial charge in [0.25, 0.3) is 10.0 Å². The molecule has 0 aliphatic carbocycles. The summed E-state index contributed by atoms with van der Waals surface area (Å²) < 4.78 is 32.1. The van der Waals surface area contributed by atoms with Crippen molar-refractivity contribution in [2.75, 3.05) is 5.73 Å². The molecule has 0 bridgehead atoms. The van der Waals surface area contributed by atoms with Crippen LogP contribution in [0.25, 0.3) is 11.0 Å². The molecule has 0 spiro atoms. The number of hydrogen-bond acceptors (Lipinski definition) is 6. The van der Waals surface area contributed by atoms with E-state index in [1.54, 1.807) is 57.2 Å². The third-order valence-corrected chi connectivity index (χ3v) is 5.88. The summed E-state index contributed by atoms with van der Waals surface area (Å²) in [5.74, 6) is -0.994. The smallest absolute Gasteiger partial charge is 0.313 e. The summed E-state index contributed by atoms with van der Waals surface area (Å²) in [6.07, 6.45) is -0.213. The lowest BCUT2D eigenvalue weighted by molar-refractivity contribution is -0.148. The van der Waals surface area contributed by atoms with Gasteiger partial charge in [-0.1, -0.05) is 24.3 Å². The molecule has 0 saturated heterocycles. The maximum absolute atomic E-state index is 12.9.